The van der Waals surface area contributed by atoms with Gasteiger partial charge in [-0.15, -0.1) is 11.3 Å². The Morgan fingerprint density at radius 1 is 1.19 bits per heavy atom. The molecule has 0 aliphatic heterocycles. The monoisotopic (exact) mass is 304 g/mol. The summed E-state index contributed by atoms with van der Waals surface area (Å²) in [6.07, 6.45) is 0. The summed E-state index contributed by atoms with van der Waals surface area (Å²) in [6.45, 7) is 12.0. The van der Waals surface area contributed by atoms with Crippen LogP contribution in [-0.2, 0) is 13.2 Å². The Bertz CT molecular complexity index is 580. The van der Waals surface area contributed by atoms with E-state index in [1.807, 2.05) is 25.1 Å². The standard InChI is InChI=1S/C17H24N2OS/c1-12-13(2)21-16(19-12)11-20-15-9-7-6-8-14(15)10-18-17(3,4)5/h6-9,18H,10-11H2,1-5H3. The molecule has 0 fully saturated rings. The maximum Gasteiger partial charge on any atom is 0.140 e. The average molecular weight is 304 g/mol. The summed E-state index contributed by atoms with van der Waals surface area (Å²) in [6, 6.07) is 8.18. The molecule has 0 spiro atoms. The molecule has 2 rings (SSSR count). The Morgan fingerprint density at radius 2 is 1.90 bits per heavy atom. The molecule has 0 aliphatic carbocycles. The fourth-order valence-corrected chi connectivity index (χ4v) is 2.74. The van der Waals surface area contributed by atoms with Crippen molar-refractivity contribution < 1.29 is 4.74 Å². The third-order valence-corrected chi connectivity index (χ3v) is 4.25. The van der Waals surface area contributed by atoms with E-state index in [4.69, 9.17) is 4.74 Å². The van der Waals surface area contributed by atoms with Crippen LogP contribution in [0.25, 0.3) is 0 Å². The molecule has 0 bridgehead atoms. The molecule has 2 aromatic rings. The van der Waals surface area contributed by atoms with E-state index >= 15 is 0 Å². The number of ether oxygens (including phenoxy) is 1. The summed E-state index contributed by atoms with van der Waals surface area (Å²) in [5.41, 5.74) is 2.37. The van der Waals surface area contributed by atoms with Crippen molar-refractivity contribution in [2.24, 2.45) is 0 Å². The van der Waals surface area contributed by atoms with Gasteiger partial charge in [0.1, 0.15) is 17.4 Å². The van der Waals surface area contributed by atoms with Crippen molar-refractivity contribution in [3.63, 3.8) is 0 Å². The number of hydrogen-bond acceptors (Lipinski definition) is 4. The van der Waals surface area contributed by atoms with Crippen molar-refractivity contribution in [2.45, 2.75) is 53.3 Å². The normalized spacial score (nSPS) is 11.7. The Balaban J connectivity index is 2.02. The highest BCUT2D eigenvalue weighted by Crippen LogP contribution is 2.22. The van der Waals surface area contributed by atoms with E-state index in [0.717, 1.165) is 23.0 Å². The lowest BCUT2D eigenvalue weighted by atomic mass is 10.1. The fourth-order valence-electron chi connectivity index (χ4n) is 1.89. The minimum absolute atomic E-state index is 0.0939. The van der Waals surface area contributed by atoms with Gasteiger partial charge in [0.15, 0.2) is 0 Å². The van der Waals surface area contributed by atoms with Crippen LogP contribution in [0.5, 0.6) is 5.75 Å². The molecule has 1 heterocycles. The zero-order valence-corrected chi connectivity index (χ0v) is 14.3. The van der Waals surface area contributed by atoms with Crippen molar-refractivity contribution >= 4 is 11.3 Å². The first kappa shape index (κ1) is 16.0. The molecule has 0 aliphatic rings. The summed E-state index contributed by atoms with van der Waals surface area (Å²) in [4.78, 5) is 5.78. The second kappa shape index (κ2) is 6.58. The third kappa shape index (κ3) is 4.83. The number of benzene rings is 1. The number of nitrogens with zero attached hydrogens (tertiary/aromatic N) is 1. The van der Waals surface area contributed by atoms with Crippen LogP contribution >= 0.6 is 11.3 Å². The van der Waals surface area contributed by atoms with Gasteiger partial charge >= 0.3 is 0 Å². The van der Waals surface area contributed by atoms with Gasteiger partial charge in [-0.05, 0) is 40.7 Å². The molecule has 0 saturated carbocycles. The molecule has 0 radical (unpaired) electrons. The Morgan fingerprint density at radius 3 is 2.52 bits per heavy atom. The third-order valence-electron chi connectivity index (χ3n) is 3.21. The predicted molar refractivity (Wildman–Crippen MR) is 89.0 cm³/mol. The molecular weight excluding hydrogens is 280 g/mol. The zero-order chi connectivity index (χ0) is 15.5. The maximum atomic E-state index is 5.96. The van der Waals surface area contributed by atoms with Gasteiger partial charge in [-0.1, -0.05) is 18.2 Å². The van der Waals surface area contributed by atoms with E-state index in [9.17, 15) is 0 Å². The minimum atomic E-state index is 0.0939. The molecular formula is C17H24N2OS. The van der Waals surface area contributed by atoms with Crippen molar-refractivity contribution in [2.75, 3.05) is 0 Å². The summed E-state index contributed by atoms with van der Waals surface area (Å²) in [5, 5.41) is 4.53. The number of rotatable bonds is 5. The molecule has 1 N–H and O–H groups in total. The first-order valence-electron chi connectivity index (χ1n) is 7.24. The van der Waals surface area contributed by atoms with Crippen LogP contribution in [0.4, 0.5) is 0 Å². The molecule has 0 atom stereocenters. The van der Waals surface area contributed by atoms with Crippen LogP contribution in [0, 0.1) is 13.8 Å². The van der Waals surface area contributed by atoms with Crippen molar-refractivity contribution in [1.29, 1.82) is 0 Å². The van der Waals surface area contributed by atoms with Crippen LogP contribution in [0.2, 0.25) is 0 Å². The summed E-state index contributed by atoms with van der Waals surface area (Å²) >= 11 is 1.71. The molecule has 3 nitrogen and oxygen atoms in total. The van der Waals surface area contributed by atoms with Gasteiger partial charge in [0.2, 0.25) is 0 Å². The number of thiazole rings is 1. The first-order valence-corrected chi connectivity index (χ1v) is 8.05. The zero-order valence-electron chi connectivity index (χ0n) is 13.5. The van der Waals surface area contributed by atoms with Gasteiger partial charge < -0.3 is 10.1 Å². The van der Waals surface area contributed by atoms with Crippen molar-refractivity contribution in [3.8, 4) is 5.75 Å². The van der Waals surface area contributed by atoms with E-state index in [1.54, 1.807) is 11.3 Å². The number of nitrogens with one attached hydrogen (secondary N) is 1. The lowest BCUT2D eigenvalue weighted by Gasteiger charge is -2.21. The van der Waals surface area contributed by atoms with Gasteiger partial charge in [-0.25, -0.2) is 4.98 Å². The van der Waals surface area contributed by atoms with Gasteiger partial charge in [0, 0.05) is 22.5 Å². The molecule has 1 aromatic heterocycles. The summed E-state index contributed by atoms with van der Waals surface area (Å²) < 4.78 is 5.96. The van der Waals surface area contributed by atoms with E-state index in [-0.39, 0.29) is 5.54 Å². The minimum Gasteiger partial charge on any atom is -0.486 e. The van der Waals surface area contributed by atoms with Crippen LogP contribution in [0.1, 0.15) is 41.9 Å². The predicted octanol–water partition coefficient (Wildman–Crippen LogP) is 4.23. The van der Waals surface area contributed by atoms with Gasteiger partial charge in [0.05, 0.1) is 5.69 Å². The highest BCUT2D eigenvalue weighted by Gasteiger charge is 2.11. The molecule has 0 amide bonds. The van der Waals surface area contributed by atoms with Crippen molar-refractivity contribution in [3.05, 3.63) is 45.4 Å². The second-order valence-electron chi connectivity index (χ2n) is 6.25. The van der Waals surface area contributed by atoms with E-state index < -0.39 is 0 Å². The average Bonchev–Trinajstić information content (AvgIpc) is 2.73. The van der Waals surface area contributed by atoms with Crippen molar-refractivity contribution in [1.82, 2.24) is 10.3 Å². The number of para-hydroxylation sites is 1. The summed E-state index contributed by atoms with van der Waals surface area (Å²) in [7, 11) is 0. The Hall–Kier alpha value is -1.39. The maximum absolute atomic E-state index is 5.96. The quantitative estimate of drug-likeness (QED) is 0.897. The van der Waals surface area contributed by atoms with E-state index in [2.05, 4.69) is 44.1 Å². The highest BCUT2D eigenvalue weighted by atomic mass is 32.1. The SMILES string of the molecule is Cc1nc(COc2ccccc2CNC(C)(C)C)sc1C. The first-order chi connectivity index (χ1) is 9.85. The lowest BCUT2D eigenvalue weighted by molar-refractivity contribution is 0.299. The fraction of sp³-hybridized carbons (Fsp3) is 0.471. The molecule has 0 saturated heterocycles. The smallest absolute Gasteiger partial charge is 0.140 e. The largest absolute Gasteiger partial charge is 0.486 e. The second-order valence-corrected chi connectivity index (χ2v) is 7.54. The van der Waals surface area contributed by atoms with Crippen LogP contribution in [0.15, 0.2) is 24.3 Å². The molecule has 21 heavy (non-hydrogen) atoms. The van der Waals surface area contributed by atoms with Gasteiger partial charge in [-0.3, -0.25) is 0 Å². The topological polar surface area (TPSA) is 34.1 Å². The number of aromatic nitrogens is 1. The molecule has 1 aromatic carbocycles. The van der Waals surface area contributed by atoms with Gasteiger partial charge in [0.25, 0.3) is 0 Å². The lowest BCUT2D eigenvalue weighted by Crippen LogP contribution is -2.35. The van der Waals surface area contributed by atoms with E-state index in [0.29, 0.717) is 6.61 Å². The molecule has 4 heteroatoms. The van der Waals surface area contributed by atoms with Gasteiger partial charge in [-0.2, -0.15) is 0 Å². The summed E-state index contributed by atoms with van der Waals surface area (Å²) in [5.74, 6) is 0.930. The van der Waals surface area contributed by atoms with Crippen LogP contribution in [0.3, 0.4) is 0 Å². The number of hydrogen-bond donors (Lipinski definition) is 1. The molecule has 114 valence electrons. The Labute approximate surface area is 131 Å². The van der Waals surface area contributed by atoms with Crippen LogP contribution < -0.4 is 10.1 Å². The Kier molecular flexibility index (Phi) is 5.01. The van der Waals surface area contributed by atoms with E-state index in [1.165, 1.54) is 10.4 Å². The van der Waals surface area contributed by atoms with Crippen LogP contribution in [-0.4, -0.2) is 10.5 Å². The molecule has 0 unspecified atom stereocenters. The highest BCUT2D eigenvalue weighted by molar-refractivity contribution is 7.11. The number of aryl methyl sites for hydroxylation is 2.